The minimum Gasteiger partial charge on any atom is -0.468 e. The standard InChI is InChI=1S/C22H20F3N7O2/c1-11-19(12(2)30-29-11)20-26-8-17(25)21(28-20)34-16-9-31(10-16)22(33)32-18(3-4-27-32)13-5-14(23)7-15(24)6-13/h4-8,16,18H,3,9-10H2,1-2H3,(H,29,30)/t18-/m0/s1. The van der Waals surface area contributed by atoms with Crippen molar-refractivity contribution in [3.05, 3.63) is 58.8 Å². The summed E-state index contributed by atoms with van der Waals surface area (Å²) in [5.74, 6) is -2.10. The Labute approximate surface area is 192 Å². The van der Waals surface area contributed by atoms with Crippen molar-refractivity contribution in [2.45, 2.75) is 32.4 Å². The number of hydrogen-bond donors (Lipinski definition) is 1. The first-order valence-electron chi connectivity index (χ1n) is 10.6. The number of aryl methyl sites for hydroxylation is 2. The highest BCUT2D eigenvalue weighted by Crippen LogP contribution is 2.32. The van der Waals surface area contributed by atoms with Gasteiger partial charge in [0.15, 0.2) is 5.82 Å². The van der Waals surface area contributed by atoms with Gasteiger partial charge < -0.3 is 9.64 Å². The van der Waals surface area contributed by atoms with E-state index in [1.807, 2.05) is 6.92 Å². The number of likely N-dealkylation sites (tertiary alicyclic amines) is 1. The Hall–Kier alpha value is -3.96. The average molecular weight is 471 g/mol. The molecular formula is C22H20F3N7O2. The zero-order valence-electron chi connectivity index (χ0n) is 18.3. The fraction of sp³-hybridized carbons (Fsp3) is 0.318. The SMILES string of the molecule is Cc1n[nH]c(C)c1-c1ncc(F)c(OC2CN(C(=O)N3N=CC[C@H]3c3cc(F)cc(F)c3)C2)n1. The third-order valence-electron chi connectivity index (χ3n) is 5.76. The molecule has 1 fully saturated rings. The Balaban J connectivity index is 1.25. The van der Waals surface area contributed by atoms with Gasteiger partial charge in [0.25, 0.3) is 5.88 Å². The number of nitrogens with one attached hydrogen (secondary N) is 1. The number of halogens is 3. The van der Waals surface area contributed by atoms with Crippen LogP contribution in [0.5, 0.6) is 5.88 Å². The van der Waals surface area contributed by atoms with Gasteiger partial charge in [-0.05, 0) is 31.5 Å². The molecule has 12 heteroatoms. The lowest BCUT2D eigenvalue weighted by Gasteiger charge is -2.40. The number of ether oxygens (including phenoxy) is 1. The van der Waals surface area contributed by atoms with E-state index >= 15 is 0 Å². The predicted octanol–water partition coefficient (Wildman–Crippen LogP) is 3.52. The summed E-state index contributed by atoms with van der Waals surface area (Å²) in [5, 5.41) is 12.2. The van der Waals surface area contributed by atoms with Crippen LogP contribution in [-0.2, 0) is 0 Å². The first-order chi connectivity index (χ1) is 16.3. The van der Waals surface area contributed by atoms with Crippen molar-refractivity contribution in [3.63, 3.8) is 0 Å². The van der Waals surface area contributed by atoms with E-state index in [1.54, 1.807) is 6.92 Å². The number of hydrogen-bond acceptors (Lipinski definition) is 6. The van der Waals surface area contributed by atoms with Crippen molar-refractivity contribution in [2.24, 2.45) is 5.10 Å². The molecule has 0 saturated carbocycles. The van der Waals surface area contributed by atoms with Gasteiger partial charge >= 0.3 is 6.03 Å². The van der Waals surface area contributed by atoms with Crippen LogP contribution in [0.25, 0.3) is 11.4 Å². The number of benzene rings is 1. The Bertz CT molecular complexity index is 1250. The van der Waals surface area contributed by atoms with Gasteiger partial charge in [-0.2, -0.15) is 19.6 Å². The molecule has 0 unspecified atom stereocenters. The van der Waals surface area contributed by atoms with Crippen molar-refractivity contribution in [3.8, 4) is 17.3 Å². The molecule has 1 saturated heterocycles. The largest absolute Gasteiger partial charge is 0.468 e. The maximum absolute atomic E-state index is 14.3. The molecule has 4 heterocycles. The van der Waals surface area contributed by atoms with Crippen LogP contribution < -0.4 is 4.74 Å². The molecule has 0 aliphatic carbocycles. The summed E-state index contributed by atoms with van der Waals surface area (Å²) < 4.78 is 47.3. The highest BCUT2D eigenvalue weighted by molar-refractivity contribution is 5.79. The molecule has 0 spiro atoms. The summed E-state index contributed by atoms with van der Waals surface area (Å²) in [7, 11) is 0. The van der Waals surface area contributed by atoms with Crippen LogP contribution >= 0.6 is 0 Å². The van der Waals surface area contributed by atoms with Gasteiger partial charge in [-0.25, -0.2) is 23.6 Å². The van der Waals surface area contributed by atoms with Crippen LogP contribution in [0.15, 0.2) is 29.5 Å². The lowest BCUT2D eigenvalue weighted by Crippen LogP contribution is -2.59. The molecular weight excluding hydrogens is 451 g/mol. The van der Waals surface area contributed by atoms with Gasteiger partial charge in [-0.3, -0.25) is 5.10 Å². The molecule has 9 nitrogen and oxygen atoms in total. The van der Waals surface area contributed by atoms with Gasteiger partial charge in [0.05, 0.1) is 36.6 Å². The summed E-state index contributed by atoms with van der Waals surface area (Å²) in [6.07, 6.45) is 2.41. The minimum atomic E-state index is -0.723. The molecule has 2 aliphatic heterocycles. The van der Waals surface area contributed by atoms with E-state index in [9.17, 15) is 18.0 Å². The number of aromatic nitrogens is 4. The summed E-state index contributed by atoms with van der Waals surface area (Å²) in [5.41, 5.74) is 2.41. The number of carbonyl (C=O) groups excluding carboxylic acids is 1. The van der Waals surface area contributed by atoms with Crippen molar-refractivity contribution >= 4 is 12.2 Å². The van der Waals surface area contributed by atoms with E-state index in [0.29, 0.717) is 23.2 Å². The number of amides is 2. The Morgan fingerprint density at radius 3 is 2.56 bits per heavy atom. The van der Waals surface area contributed by atoms with Crippen LogP contribution in [0.1, 0.15) is 29.4 Å². The topological polar surface area (TPSA) is 99.6 Å². The second kappa shape index (κ2) is 8.43. The monoisotopic (exact) mass is 471 g/mol. The summed E-state index contributed by atoms with van der Waals surface area (Å²) in [6.45, 7) is 3.95. The van der Waals surface area contributed by atoms with Gasteiger partial charge in [0.1, 0.15) is 17.7 Å². The van der Waals surface area contributed by atoms with E-state index in [1.165, 1.54) is 28.3 Å². The van der Waals surface area contributed by atoms with Crippen molar-refractivity contribution in [1.29, 1.82) is 0 Å². The second-order valence-electron chi connectivity index (χ2n) is 8.18. The van der Waals surface area contributed by atoms with Crippen LogP contribution in [0.4, 0.5) is 18.0 Å². The van der Waals surface area contributed by atoms with Crippen molar-refractivity contribution in [1.82, 2.24) is 30.1 Å². The Morgan fingerprint density at radius 1 is 1.15 bits per heavy atom. The van der Waals surface area contributed by atoms with E-state index < -0.39 is 35.6 Å². The molecule has 0 bridgehead atoms. The number of nitrogens with zero attached hydrogens (tertiary/aromatic N) is 6. The van der Waals surface area contributed by atoms with Crippen LogP contribution in [0.3, 0.4) is 0 Å². The molecule has 1 N–H and O–H groups in total. The number of carbonyl (C=O) groups is 1. The van der Waals surface area contributed by atoms with Crippen LogP contribution in [0.2, 0.25) is 0 Å². The second-order valence-corrected chi connectivity index (χ2v) is 8.18. The number of H-pyrrole nitrogens is 1. The van der Waals surface area contributed by atoms with Crippen LogP contribution in [-0.4, -0.2) is 61.5 Å². The molecule has 3 aromatic rings. The first-order valence-corrected chi connectivity index (χ1v) is 10.6. The van der Waals surface area contributed by atoms with Gasteiger partial charge in [-0.15, -0.1) is 0 Å². The zero-order valence-corrected chi connectivity index (χ0v) is 18.3. The number of rotatable bonds is 4. The quantitative estimate of drug-likeness (QED) is 0.628. The fourth-order valence-electron chi connectivity index (χ4n) is 4.05. The smallest absolute Gasteiger partial charge is 0.341 e. The third kappa shape index (κ3) is 3.95. The minimum absolute atomic E-state index is 0.178. The number of aromatic amines is 1. The molecule has 5 rings (SSSR count). The molecule has 34 heavy (non-hydrogen) atoms. The number of hydrazone groups is 1. The molecule has 2 amide bonds. The first kappa shape index (κ1) is 21.9. The normalized spacial score (nSPS) is 17.9. The van der Waals surface area contributed by atoms with Crippen molar-refractivity contribution < 1.29 is 22.7 Å². The molecule has 2 aromatic heterocycles. The van der Waals surface area contributed by atoms with E-state index in [2.05, 4.69) is 25.3 Å². The van der Waals surface area contributed by atoms with E-state index in [4.69, 9.17) is 4.74 Å². The average Bonchev–Trinajstić information content (AvgIpc) is 3.37. The van der Waals surface area contributed by atoms with E-state index in [-0.39, 0.29) is 24.8 Å². The molecule has 176 valence electrons. The highest BCUT2D eigenvalue weighted by Gasteiger charge is 2.39. The van der Waals surface area contributed by atoms with Crippen molar-refractivity contribution in [2.75, 3.05) is 13.1 Å². The lowest BCUT2D eigenvalue weighted by molar-refractivity contribution is 0.0230. The molecule has 1 aromatic carbocycles. The van der Waals surface area contributed by atoms with Gasteiger partial charge in [0, 0.05) is 24.4 Å². The van der Waals surface area contributed by atoms with E-state index in [0.717, 1.165) is 18.0 Å². The fourth-order valence-corrected chi connectivity index (χ4v) is 4.05. The predicted molar refractivity (Wildman–Crippen MR) is 114 cm³/mol. The maximum Gasteiger partial charge on any atom is 0.341 e. The molecule has 1 atom stereocenters. The summed E-state index contributed by atoms with van der Waals surface area (Å²) in [4.78, 5) is 22.6. The maximum atomic E-state index is 14.3. The van der Waals surface area contributed by atoms with Crippen LogP contribution in [0, 0.1) is 31.3 Å². The number of urea groups is 1. The Morgan fingerprint density at radius 2 is 1.88 bits per heavy atom. The summed E-state index contributed by atoms with van der Waals surface area (Å²) in [6, 6.07) is 2.10. The zero-order chi connectivity index (χ0) is 24.0. The highest BCUT2D eigenvalue weighted by atomic mass is 19.1. The van der Waals surface area contributed by atoms with Gasteiger partial charge in [-0.1, -0.05) is 0 Å². The Kier molecular flexibility index (Phi) is 5.42. The third-order valence-corrected chi connectivity index (χ3v) is 5.76. The van der Waals surface area contributed by atoms with Gasteiger partial charge in [0.2, 0.25) is 5.82 Å². The lowest BCUT2D eigenvalue weighted by atomic mass is 10.0. The summed E-state index contributed by atoms with van der Waals surface area (Å²) >= 11 is 0. The molecule has 2 aliphatic rings. The molecule has 0 radical (unpaired) electrons.